The maximum Gasteiger partial charge on any atom is 0.252 e. The number of benzene rings is 1. The molecule has 0 unspecified atom stereocenters. The number of nitrogens with zero attached hydrogens (tertiary/aromatic N) is 2. The van der Waals surface area contributed by atoms with Crippen LogP contribution in [0.4, 0.5) is 0 Å². The van der Waals surface area contributed by atoms with E-state index in [1.807, 2.05) is 24.3 Å². The van der Waals surface area contributed by atoms with Crippen molar-refractivity contribution in [2.75, 3.05) is 7.05 Å². The van der Waals surface area contributed by atoms with Gasteiger partial charge < -0.3 is 10.1 Å². The summed E-state index contributed by atoms with van der Waals surface area (Å²) in [6.07, 6.45) is 3.13. The molecule has 23 heavy (non-hydrogen) atoms. The van der Waals surface area contributed by atoms with Gasteiger partial charge in [0, 0.05) is 24.3 Å². The second-order valence-corrected chi connectivity index (χ2v) is 5.37. The summed E-state index contributed by atoms with van der Waals surface area (Å²) >= 11 is 5.95. The van der Waals surface area contributed by atoms with Crippen molar-refractivity contribution >= 4 is 28.5 Å². The van der Waals surface area contributed by atoms with Gasteiger partial charge in [-0.1, -0.05) is 23.7 Å². The van der Waals surface area contributed by atoms with Crippen LogP contribution in [0.25, 0.3) is 11.0 Å². The molecule has 0 fully saturated rings. The standard InChI is InChI=1S/C17H14ClN3O2/c1-19-17(22)12-6-15-16(20-8-12)7-14(9-21-15)23-10-11-3-2-4-13(18)5-11/h2-9H,10H2,1H3,(H,19,22). The molecule has 1 amide bonds. The fraction of sp³-hybridized carbons (Fsp3) is 0.118. The van der Waals surface area contributed by atoms with E-state index in [0.29, 0.717) is 34.0 Å². The molecule has 1 N–H and O–H groups in total. The zero-order valence-corrected chi connectivity index (χ0v) is 13.2. The molecule has 0 saturated carbocycles. The number of pyridine rings is 2. The largest absolute Gasteiger partial charge is 0.487 e. The first-order valence-electron chi connectivity index (χ1n) is 7.01. The third-order valence-corrected chi connectivity index (χ3v) is 3.53. The molecule has 0 radical (unpaired) electrons. The van der Waals surface area contributed by atoms with Crippen molar-refractivity contribution in [1.82, 2.24) is 15.3 Å². The first-order chi connectivity index (χ1) is 11.2. The average Bonchev–Trinajstić information content (AvgIpc) is 2.58. The number of halogens is 1. The molecule has 0 aliphatic carbocycles. The van der Waals surface area contributed by atoms with E-state index in [1.54, 1.807) is 25.4 Å². The molecule has 0 spiro atoms. The van der Waals surface area contributed by atoms with E-state index < -0.39 is 0 Å². The minimum Gasteiger partial charge on any atom is -0.487 e. The van der Waals surface area contributed by atoms with Crippen molar-refractivity contribution in [2.45, 2.75) is 6.61 Å². The van der Waals surface area contributed by atoms with Crippen molar-refractivity contribution in [3.63, 3.8) is 0 Å². The second-order valence-electron chi connectivity index (χ2n) is 4.93. The van der Waals surface area contributed by atoms with Crippen molar-refractivity contribution in [3.8, 4) is 5.75 Å². The van der Waals surface area contributed by atoms with Crippen molar-refractivity contribution in [3.05, 3.63) is 64.9 Å². The van der Waals surface area contributed by atoms with E-state index in [2.05, 4.69) is 15.3 Å². The molecule has 3 rings (SSSR count). The number of amides is 1. The van der Waals surface area contributed by atoms with E-state index in [1.165, 1.54) is 6.20 Å². The highest BCUT2D eigenvalue weighted by Crippen LogP contribution is 2.19. The lowest BCUT2D eigenvalue weighted by molar-refractivity contribution is 0.0963. The highest BCUT2D eigenvalue weighted by molar-refractivity contribution is 6.30. The zero-order valence-electron chi connectivity index (χ0n) is 12.4. The predicted molar refractivity (Wildman–Crippen MR) is 88.7 cm³/mol. The minimum atomic E-state index is -0.192. The lowest BCUT2D eigenvalue weighted by Gasteiger charge is -2.07. The normalized spacial score (nSPS) is 10.5. The van der Waals surface area contributed by atoms with Crippen LogP contribution in [0.5, 0.6) is 5.75 Å². The lowest BCUT2D eigenvalue weighted by atomic mass is 10.2. The Morgan fingerprint density at radius 3 is 2.74 bits per heavy atom. The van der Waals surface area contributed by atoms with Crippen LogP contribution in [0, 0.1) is 0 Å². The zero-order chi connectivity index (χ0) is 16.2. The van der Waals surface area contributed by atoms with Gasteiger partial charge >= 0.3 is 0 Å². The highest BCUT2D eigenvalue weighted by atomic mass is 35.5. The van der Waals surface area contributed by atoms with E-state index in [9.17, 15) is 4.79 Å². The molecule has 0 bridgehead atoms. The maximum absolute atomic E-state index is 11.6. The lowest BCUT2D eigenvalue weighted by Crippen LogP contribution is -2.17. The number of fused-ring (bicyclic) bond motifs is 1. The molecule has 2 aromatic heterocycles. The first kappa shape index (κ1) is 15.2. The molecule has 0 saturated heterocycles. The summed E-state index contributed by atoms with van der Waals surface area (Å²) in [6.45, 7) is 0.393. The average molecular weight is 328 g/mol. The number of carbonyl (C=O) groups excluding carboxylic acids is 1. The molecular weight excluding hydrogens is 314 g/mol. The maximum atomic E-state index is 11.6. The van der Waals surface area contributed by atoms with Crippen molar-refractivity contribution < 1.29 is 9.53 Å². The Kier molecular flexibility index (Phi) is 4.39. The van der Waals surface area contributed by atoms with Gasteiger partial charge in [-0.25, -0.2) is 0 Å². The van der Waals surface area contributed by atoms with Crippen LogP contribution in [-0.4, -0.2) is 22.9 Å². The fourth-order valence-corrected chi connectivity index (χ4v) is 2.34. The van der Waals surface area contributed by atoms with Crippen LogP contribution in [0.1, 0.15) is 15.9 Å². The second kappa shape index (κ2) is 6.62. The van der Waals surface area contributed by atoms with Crippen LogP contribution in [0.2, 0.25) is 5.02 Å². The van der Waals surface area contributed by atoms with E-state index in [-0.39, 0.29) is 5.91 Å². The first-order valence-corrected chi connectivity index (χ1v) is 7.38. The third kappa shape index (κ3) is 3.57. The van der Waals surface area contributed by atoms with Gasteiger partial charge in [0.25, 0.3) is 5.91 Å². The topological polar surface area (TPSA) is 64.1 Å². The Bertz CT molecular complexity index is 867. The summed E-state index contributed by atoms with van der Waals surface area (Å²) in [6, 6.07) is 11.0. The van der Waals surface area contributed by atoms with Crippen LogP contribution in [0.3, 0.4) is 0 Å². The molecule has 116 valence electrons. The quantitative estimate of drug-likeness (QED) is 0.799. The summed E-state index contributed by atoms with van der Waals surface area (Å²) in [5.41, 5.74) is 2.75. The molecule has 0 atom stereocenters. The predicted octanol–water partition coefficient (Wildman–Crippen LogP) is 3.22. The SMILES string of the molecule is CNC(=O)c1cnc2cc(OCc3cccc(Cl)c3)cnc2c1. The number of hydrogen-bond acceptors (Lipinski definition) is 4. The van der Waals surface area contributed by atoms with Crippen LogP contribution in [0.15, 0.2) is 48.8 Å². The Hall–Kier alpha value is -2.66. The summed E-state index contributed by atoms with van der Waals surface area (Å²) in [7, 11) is 1.58. The van der Waals surface area contributed by atoms with E-state index >= 15 is 0 Å². The van der Waals surface area contributed by atoms with E-state index in [4.69, 9.17) is 16.3 Å². The Morgan fingerprint density at radius 2 is 1.96 bits per heavy atom. The molecule has 0 aliphatic heterocycles. The molecule has 6 heteroatoms. The fourth-order valence-electron chi connectivity index (χ4n) is 2.12. The molecule has 5 nitrogen and oxygen atoms in total. The minimum absolute atomic E-state index is 0.192. The van der Waals surface area contributed by atoms with Gasteiger partial charge in [-0.05, 0) is 23.8 Å². The summed E-state index contributed by atoms with van der Waals surface area (Å²) in [5.74, 6) is 0.417. The molecule has 0 aliphatic rings. The number of carbonyl (C=O) groups is 1. The van der Waals surface area contributed by atoms with Gasteiger partial charge in [0.15, 0.2) is 0 Å². The summed E-state index contributed by atoms with van der Waals surface area (Å²) in [4.78, 5) is 20.1. The molecule has 3 aromatic rings. The smallest absolute Gasteiger partial charge is 0.252 e. The van der Waals surface area contributed by atoms with Gasteiger partial charge in [-0.15, -0.1) is 0 Å². The number of aromatic nitrogens is 2. The van der Waals surface area contributed by atoms with Gasteiger partial charge in [0.05, 0.1) is 22.8 Å². The number of ether oxygens (including phenoxy) is 1. The van der Waals surface area contributed by atoms with Crippen molar-refractivity contribution in [2.24, 2.45) is 0 Å². The number of rotatable bonds is 4. The van der Waals surface area contributed by atoms with Gasteiger partial charge in [0.1, 0.15) is 12.4 Å². The Morgan fingerprint density at radius 1 is 1.17 bits per heavy atom. The molecule has 2 heterocycles. The number of nitrogens with one attached hydrogen (secondary N) is 1. The third-order valence-electron chi connectivity index (χ3n) is 3.29. The van der Waals surface area contributed by atoms with Crippen molar-refractivity contribution in [1.29, 1.82) is 0 Å². The molecule has 1 aromatic carbocycles. The summed E-state index contributed by atoms with van der Waals surface area (Å²) < 4.78 is 5.71. The van der Waals surface area contributed by atoms with Gasteiger partial charge in [-0.2, -0.15) is 0 Å². The molecular formula is C17H14ClN3O2. The van der Waals surface area contributed by atoms with Gasteiger partial charge in [0.2, 0.25) is 0 Å². The van der Waals surface area contributed by atoms with E-state index in [0.717, 1.165) is 5.56 Å². The summed E-state index contributed by atoms with van der Waals surface area (Å²) in [5, 5.41) is 3.23. The Labute approximate surface area is 138 Å². The number of hydrogen-bond donors (Lipinski definition) is 1. The highest BCUT2D eigenvalue weighted by Gasteiger charge is 2.07. The monoisotopic (exact) mass is 327 g/mol. The van der Waals surface area contributed by atoms with Crippen LogP contribution in [-0.2, 0) is 6.61 Å². The van der Waals surface area contributed by atoms with Gasteiger partial charge in [-0.3, -0.25) is 14.8 Å². The van der Waals surface area contributed by atoms with Crippen LogP contribution >= 0.6 is 11.6 Å². The Balaban J connectivity index is 1.79. The van der Waals surface area contributed by atoms with Crippen LogP contribution < -0.4 is 10.1 Å².